The fourth-order valence-corrected chi connectivity index (χ4v) is 2.41. The smallest absolute Gasteiger partial charge is 0.0963 e. The van der Waals surface area contributed by atoms with Gasteiger partial charge in [-0.2, -0.15) is 0 Å². The van der Waals surface area contributed by atoms with Crippen molar-refractivity contribution in [3.8, 4) is 0 Å². The van der Waals surface area contributed by atoms with E-state index in [-0.39, 0.29) is 0 Å². The average molecular weight is 194 g/mol. The summed E-state index contributed by atoms with van der Waals surface area (Å²) in [5.74, 6) is 0.749. The monoisotopic (exact) mass is 194 g/mol. The highest BCUT2D eigenvalue weighted by Crippen LogP contribution is 2.27. The fraction of sp³-hybridized carbons (Fsp3) is 0.455. The van der Waals surface area contributed by atoms with Crippen LogP contribution >= 0.6 is 11.8 Å². The Morgan fingerprint density at radius 2 is 2.15 bits per heavy atom. The van der Waals surface area contributed by atoms with Gasteiger partial charge in [-0.1, -0.05) is 17.8 Å². The Kier molecular flexibility index (Phi) is 2.91. The molecule has 0 N–H and O–H groups in total. The van der Waals surface area contributed by atoms with Crippen LogP contribution in [0.4, 0.5) is 0 Å². The molecule has 13 heavy (non-hydrogen) atoms. The number of ether oxygens (including phenoxy) is 1. The van der Waals surface area contributed by atoms with E-state index < -0.39 is 0 Å². The van der Waals surface area contributed by atoms with E-state index in [2.05, 4.69) is 18.2 Å². The summed E-state index contributed by atoms with van der Waals surface area (Å²) in [6.45, 7) is 0. The van der Waals surface area contributed by atoms with Crippen LogP contribution in [0.2, 0.25) is 0 Å². The van der Waals surface area contributed by atoms with E-state index in [1.807, 2.05) is 0 Å². The molecule has 1 aliphatic carbocycles. The molecule has 2 rings (SSSR count). The minimum absolute atomic E-state index is 0.749. The minimum Gasteiger partial charge on any atom is -0.374 e. The Labute approximate surface area is 83.5 Å². The predicted octanol–water partition coefficient (Wildman–Crippen LogP) is 2.87. The first kappa shape index (κ1) is 9.10. The second kappa shape index (κ2) is 4.16. The molecular weight excluding hydrogens is 180 g/mol. The number of methoxy groups -OCH3 is 1. The lowest BCUT2D eigenvalue weighted by Crippen LogP contribution is -1.85. The summed E-state index contributed by atoms with van der Waals surface area (Å²) in [5, 5.41) is 0. The van der Waals surface area contributed by atoms with E-state index in [0.717, 1.165) is 5.94 Å². The quantitative estimate of drug-likeness (QED) is 0.540. The normalized spacial score (nSPS) is 14.5. The van der Waals surface area contributed by atoms with Gasteiger partial charge in [0.25, 0.3) is 0 Å². The Morgan fingerprint density at radius 1 is 1.31 bits per heavy atom. The highest BCUT2D eigenvalue weighted by Gasteiger charge is 2.10. The van der Waals surface area contributed by atoms with Gasteiger partial charge in [-0.3, -0.25) is 0 Å². The zero-order chi connectivity index (χ0) is 9.10. The first-order valence-corrected chi connectivity index (χ1v) is 5.62. The lowest BCUT2D eigenvalue weighted by molar-refractivity contribution is 0.259. The second-order valence-corrected chi connectivity index (χ2v) is 4.33. The van der Waals surface area contributed by atoms with Crippen LogP contribution in [0.5, 0.6) is 0 Å². The van der Waals surface area contributed by atoms with E-state index in [4.69, 9.17) is 4.74 Å². The van der Waals surface area contributed by atoms with Crippen molar-refractivity contribution in [3.05, 3.63) is 29.3 Å². The topological polar surface area (TPSA) is 9.23 Å². The number of hydrogen-bond acceptors (Lipinski definition) is 2. The second-order valence-electron chi connectivity index (χ2n) is 3.33. The molecule has 0 unspecified atom stereocenters. The summed E-state index contributed by atoms with van der Waals surface area (Å²) in [4.78, 5) is 1.34. The van der Waals surface area contributed by atoms with Crippen molar-refractivity contribution in [1.29, 1.82) is 0 Å². The van der Waals surface area contributed by atoms with Crippen LogP contribution in [0.25, 0.3) is 0 Å². The molecule has 1 aliphatic rings. The molecule has 0 fully saturated rings. The standard InChI is InChI=1S/C11H14OS/c1-12-8-13-11-6-5-9-3-2-4-10(9)7-11/h5-7H,2-4,8H2,1H3. The van der Waals surface area contributed by atoms with Crippen molar-refractivity contribution in [2.75, 3.05) is 13.0 Å². The van der Waals surface area contributed by atoms with Gasteiger partial charge < -0.3 is 4.74 Å². The Hall–Kier alpha value is -0.470. The molecule has 0 atom stereocenters. The molecule has 0 spiro atoms. The van der Waals surface area contributed by atoms with Crippen molar-refractivity contribution in [2.24, 2.45) is 0 Å². The SMILES string of the molecule is COCSc1ccc2c(c1)CCC2. The maximum Gasteiger partial charge on any atom is 0.0963 e. The number of rotatable bonds is 3. The molecule has 1 nitrogen and oxygen atoms in total. The van der Waals surface area contributed by atoms with Crippen LogP contribution in [-0.2, 0) is 17.6 Å². The first-order valence-electron chi connectivity index (χ1n) is 4.63. The maximum atomic E-state index is 5.03. The molecule has 2 heteroatoms. The van der Waals surface area contributed by atoms with Gasteiger partial charge in [-0.25, -0.2) is 0 Å². The molecule has 0 saturated carbocycles. The zero-order valence-electron chi connectivity index (χ0n) is 7.88. The van der Waals surface area contributed by atoms with Gasteiger partial charge in [0, 0.05) is 12.0 Å². The molecule has 0 bridgehead atoms. The highest BCUT2D eigenvalue weighted by molar-refractivity contribution is 7.99. The lowest BCUT2D eigenvalue weighted by atomic mass is 10.1. The summed E-state index contributed by atoms with van der Waals surface area (Å²) in [7, 11) is 1.74. The van der Waals surface area contributed by atoms with Crippen LogP contribution in [-0.4, -0.2) is 13.0 Å². The lowest BCUT2D eigenvalue weighted by Gasteiger charge is -2.03. The van der Waals surface area contributed by atoms with Crippen molar-refractivity contribution >= 4 is 11.8 Å². The van der Waals surface area contributed by atoms with Crippen molar-refractivity contribution in [2.45, 2.75) is 24.2 Å². The van der Waals surface area contributed by atoms with Crippen LogP contribution in [0.1, 0.15) is 17.5 Å². The molecule has 0 radical (unpaired) electrons. The third-order valence-corrected chi connectivity index (χ3v) is 3.35. The zero-order valence-corrected chi connectivity index (χ0v) is 8.69. The number of benzene rings is 1. The van der Waals surface area contributed by atoms with E-state index in [0.29, 0.717) is 0 Å². The molecular formula is C11H14OS. The molecule has 70 valence electrons. The number of fused-ring (bicyclic) bond motifs is 1. The van der Waals surface area contributed by atoms with Gasteiger partial charge >= 0.3 is 0 Å². The summed E-state index contributed by atoms with van der Waals surface area (Å²) in [6, 6.07) is 6.78. The van der Waals surface area contributed by atoms with Crippen molar-refractivity contribution in [1.82, 2.24) is 0 Å². The number of thioether (sulfide) groups is 1. The van der Waals surface area contributed by atoms with E-state index >= 15 is 0 Å². The summed E-state index contributed by atoms with van der Waals surface area (Å²) in [6.07, 6.45) is 3.86. The molecule has 0 aromatic heterocycles. The summed E-state index contributed by atoms with van der Waals surface area (Å²) >= 11 is 1.76. The Morgan fingerprint density at radius 3 is 3.00 bits per heavy atom. The van der Waals surface area contributed by atoms with Crippen LogP contribution in [0.3, 0.4) is 0 Å². The Bertz CT molecular complexity index is 296. The van der Waals surface area contributed by atoms with Crippen LogP contribution in [0, 0.1) is 0 Å². The van der Waals surface area contributed by atoms with Gasteiger partial charge in [-0.15, -0.1) is 0 Å². The maximum absolute atomic E-state index is 5.03. The fourth-order valence-electron chi connectivity index (χ4n) is 1.76. The van der Waals surface area contributed by atoms with Crippen LogP contribution in [0.15, 0.2) is 23.1 Å². The summed E-state index contributed by atoms with van der Waals surface area (Å²) in [5.41, 5.74) is 3.09. The van der Waals surface area contributed by atoms with E-state index in [1.165, 1.54) is 24.2 Å². The molecule has 1 aromatic carbocycles. The molecule has 0 amide bonds. The van der Waals surface area contributed by atoms with Gasteiger partial charge in [0.15, 0.2) is 0 Å². The third kappa shape index (κ3) is 2.06. The van der Waals surface area contributed by atoms with Gasteiger partial charge in [0.2, 0.25) is 0 Å². The van der Waals surface area contributed by atoms with E-state index in [9.17, 15) is 0 Å². The summed E-state index contributed by atoms with van der Waals surface area (Å²) < 4.78 is 5.03. The minimum atomic E-state index is 0.749. The Balaban J connectivity index is 2.12. The van der Waals surface area contributed by atoms with E-state index in [1.54, 1.807) is 30.0 Å². The predicted molar refractivity (Wildman–Crippen MR) is 56.2 cm³/mol. The van der Waals surface area contributed by atoms with Crippen LogP contribution < -0.4 is 0 Å². The first-order chi connectivity index (χ1) is 6.40. The largest absolute Gasteiger partial charge is 0.374 e. The highest BCUT2D eigenvalue weighted by atomic mass is 32.2. The molecule has 1 aromatic rings. The molecule has 0 aliphatic heterocycles. The molecule has 0 heterocycles. The van der Waals surface area contributed by atoms with Crippen molar-refractivity contribution in [3.63, 3.8) is 0 Å². The number of hydrogen-bond donors (Lipinski definition) is 0. The van der Waals surface area contributed by atoms with Gasteiger partial charge in [0.1, 0.15) is 0 Å². The van der Waals surface area contributed by atoms with Gasteiger partial charge in [-0.05, 0) is 42.5 Å². The van der Waals surface area contributed by atoms with Crippen molar-refractivity contribution < 1.29 is 4.74 Å². The molecule has 0 saturated heterocycles. The third-order valence-electron chi connectivity index (χ3n) is 2.41. The van der Waals surface area contributed by atoms with Gasteiger partial charge in [0.05, 0.1) is 5.94 Å². The number of aryl methyl sites for hydroxylation is 2. The average Bonchev–Trinajstić information content (AvgIpc) is 2.61.